The van der Waals surface area contributed by atoms with Crippen LogP contribution in [0.3, 0.4) is 0 Å². The summed E-state index contributed by atoms with van der Waals surface area (Å²) in [4.78, 5) is 24.4. The van der Waals surface area contributed by atoms with Crippen molar-refractivity contribution >= 4 is 28.5 Å². The lowest BCUT2D eigenvalue weighted by molar-refractivity contribution is -0.123. The number of hydrogen-bond donors (Lipinski definition) is 1. The maximum Gasteiger partial charge on any atom is 0.336 e. The molecule has 0 atom stereocenters. The van der Waals surface area contributed by atoms with E-state index in [-0.39, 0.29) is 18.3 Å². The minimum absolute atomic E-state index is 0.222. The zero-order valence-electron chi connectivity index (χ0n) is 18.0. The van der Waals surface area contributed by atoms with Crippen molar-refractivity contribution in [2.45, 2.75) is 6.42 Å². The second kappa shape index (κ2) is 10.2. The molecule has 0 fully saturated rings. The minimum atomic E-state index is -0.483. The van der Waals surface area contributed by atoms with Crippen LogP contribution in [0.4, 0.5) is 0 Å². The van der Waals surface area contributed by atoms with Crippen molar-refractivity contribution in [3.8, 4) is 22.6 Å². The van der Waals surface area contributed by atoms with Crippen molar-refractivity contribution in [1.29, 1.82) is 0 Å². The molecule has 3 aromatic carbocycles. The Balaban J connectivity index is 1.44. The normalized spacial score (nSPS) is 10.7. The van der Waals surface area contributed by atoms with Crippen LogP contribution in [0.2, 0.25) is 5.02 Å². The van der Waals surface area contributed by atoms with Crippen LogP contribution in [0.5, 0.6) is 11.5 Å². The molecular formula is C26H22ClNO5. The Morgan fingerprint density at radius 1 is 1.00 bits per heavy atom. The van der Waals surface area contributed by atoms with E-state index in [2.05, 4.69) is 5.32 Å². The monoisotopic (exact) mass is 463 g/mol. The summed E-state index contributed by atoms with van der Waals surface area (Å²) in [5.41, 5.74) is 2.43. The molecule has 7 heteroatoms. The Morgan fingerprint density at radius 3 is 2.55 bits per heavy atom. The topological polar surface area (TPSA) is 77.8 Å². The molecule has 1 N–H and O–H groups in total. The maximum absolute atomic E-state index is 12.2. The van der Waals surface area contributed by atoms with Gasteiger partial charge in [-0.2, -0.15) is 0 Å². The predicted octanol–water partition coefficient (Wildman–Crippen LogP) is 4.86. The molecule has 1 amide bonds. The highest BCUT2D eigenvalue weighted by molar-refractivity contribution is 6.33. The third kappa shape index (κ3) is 5.35. The lowest BCUT2D eigenvalue weighted by Gasteiger charge is -2.12. The predicted molar refractivity (Wildman–Crippen MR) is 128 cm³/mol. The average Bonchev–Trinajstić information content (AvgIpc) is 2.83. The van der Waals surface area contributed by atoms with Gasteiger partial charge >= 0.3 is 5.63 Å². The van der Waals surface area contributed by atoms with E-state index in [1.807, 2.05) is 54.6 Å². The first-order valence-electron chi connectivity index (χ1n) is 10.4. The number of fused-ring (bicyclic) bond motifs is 1. The highest BCUT2D eigenvalue weighted by Gasteiger charge is 2.13. The van der Waals surface area contributed by atoms with Crippen molar-refractivity contribution in [3.05, 3.63) is 93.8 Å². The van der Waals surface area contributed by atoms with E-state index < -0.39 is 5.63 Å². The van der Waals surface area contributed by atoms with E-state index in [0.29, 0.717) is 34.5 Å². The summed E-state index contributed by atoms with van der Waals surface area (Å²) in [6.45, 7) is 0.211. The molecule has 1 heterocycles. The summed E-state index contributed by atoms with van der Waals surface area (Å²) in [6, 6.07) is 21.8. The van der Waals surface area contributed by atoms with Crippen molar-refractivity contribution in [2.24, 2.45) is 0 Å². The van der Waals surface area contributed by atoms with Gasteiger partial charge in [-0.15, -0.1) is 0 Å². The van der Waals surface area contributed by atoms with Gasteiger partial charge in [0.2, 0.25) is 0 Å². The summed E-state index contributed by atoms with van der Waals surface area (Å²) in [6.07, 6.45) is 0.625. The van der Waals surface area contributed by atoms with E-state index in [1.54, 1.807) is 13.2 Å². The van der Waals surface area contributed by atoms with Gasteiger partial charge in [-0.3, -0.25) is 4.79 Å². The molecule has 4 rings (SSSR count). The van der Waals surface area contributed by atoms with Gasteiger partial charge in [0.1, 0.15) is 17.1 Å². The van der Waals surface area contributed by atoms with Crippen LogP contribution in [0.1, 0.15) is 5.56 Å². The molecule has 33 heavy (non-hydrogen) atoms. The SMILES string of the molecule is COc1ccccc1CCNC(=O)COc1cc2oc(=O)cc(-c3ccccc3)c2cc1Cl. The molecule has 0 saturated carbocycles. The number of ether oxygens (including phenoxy) is 2. The zero-order valence-corrected chi connectivity index (χ0v) is 18.7. The molecule has 168 valence electrons. The van der Waals surface area contributed by atoms with Gasteiger partial charge in [-0.25, -0.2) is 4.79 Å². The highest BCUT2D eigenvalue weighted by Crippen LogP contribution is 2.34. The average molecular weight is 464 g/mol. The van der Waals surface area contributed by atoms with Crippen molar-refractivity contribution in [1.82, 2.24) is 5.32 Å². The smallest absolute Gasteiger partial charge is 0.336 e. The Bertz CT molecular complexity index is 1330. The van der Waals surface area contributed by atoms with Gasteiger partial charge in [0.25, 0.3) is 5.91 Å². The van der Waals surface area contributed by atoms with E-state index in [0.717, 1.165) is 16.9 Å². The number of hydrogen-bond acceptors (Lipinski definition) is 5. The first-order chi connectivity index (χ1) is 16.0. The molecule has 0 saturated heterocycles. The van der Waals surface area contributed by atoms with Crippen LogP contribution in [0.25, 0.3) is 22.1 Å². The Morgan fingerprint density at radius 2 is 1.76 bits per heavy atom. The number of para-hydroxylation sites is 1. The van der Waals surface area contributed by atoms with Gasteiger partial charge in [0.05, 0.1) is 12.1 Å². The number of rotatable bonds is 8. The molecule has 0 aliphatic carbocycles. The molecule has 0 aliphatic rings. The summed E-state index contributed by atoms with van der Waals surface area (Å²) in [5, 5.41) is 3.81. The number of carbonyl (C=O) groups is 1. The molecule has 0 unspecified atom stereocenters. The second-order valence-electron chi connectivity index (χ2n) is 7.32. The molecule has 4 aromatic rings. The number of carbonyl (C=O) groups excluding carboxylic acids is 1. The summed E-state index contributed by atoms with van der Waals surface area (Å²) in [5.74, 6) is 0.750. The number of methoxy groups -OCH3 is 1. The fourth-order valence-corrected chi connectivity index (χ4v) is 3.79. The minimum Gasteiger partial charge on any atom is -0.496 e. The van der Waals surface area contributed by atoms with E-state index in [1.165, 1.54) is 12.1 Å². The molecule has 1 aromatic heterocycles. The number of halogens is 1. The number of benzene rings is 3. The van der Waals surface area contributed by atoms with Gasteiger partial charge in [-0.1, -0.05) is 60.1 Å². The van der Waals surface area contributed by atoms with Crippen LogP contribution in [0.15, 0.2) is 82.0 Å². The molecule has 0 bridgehead atoms. The molecule has 0 aliphatic heterocycles. The third-order valence-corrected chi connectivity index (χ3v) is 5.44. The van der Waals surface area contributed by atoms with Gasteiger partial charge in [0, 0.05) is 24.1 Å². The Labute approximate surface area is 195 Å². The zero-order chi connectivity index (χ0) is 23.2. The van der Waals surface area contributed by atoms with Crippen molar-refractivity contribution < 1.29 is 18.7 Å². The first-order valence-corrected chi connectivity index (χ1v) is 10.8. The number of nitrogens with one attached hydrogen (secondary N) is 1. The second-order valence-corrected chi connectivity index (χ2v) is 7.73. The number of amides is 1. The van der Waals surface area contributed by atoms with Gasteiger partial charge in [0.15, 0.2) is 6.61 Å². The van der Waals surface area contributed by atoms with Crippen LogP contribution in [-0.2, 0) is 11.2 Å². The molecule has 6 nitrogen and oxygen atoms in total. The maximum atomic E-state index is 12.2. The largest absolute Gasteiger partial charge is 0.496 e. The standard InChI is InChI=1S/C26H22ClNO5/c1-31-22-10-6-5-9-18(22)11-12-28-25(29)16-32-24-15-23-20(13-21(24)27)19(14-26(30)33-23)17-7-3-2-4-8-17/h2-10,13-15H,11-12,16H2,1H3,(H,28,29). The fraction of sp³-hybridized carbons (Fsp3) is 0.154. The first kappa shape index (κ1) is 22.4. The van der Waals surface area contributed by atoms with Crippen molar-refractivity contribution in [3.63, 3.8) is 0 Å². The fourth-order valence-electron chi connectivity index (χ4n) is 3.57. The summed E-state index contributed by atoms with van der Waals surface area (Å²) in [7, 11) is 1.61. The van der Waals surface area contributed by atoms with Crippen LogP contribution in [-0.4, -0.2) is 26.2 Å². The van der Waals surface area contributed by atoms with Gasteiger partial charge < -0.3 is 19.2 Å². The Hall–Kier alpha value is -3.77. The van der Waals surface area contributed by atoms with Crippen LogP contribution >= 0.6 is 11.6 Å². The van der Waals surface area contributed by atoms with E-state index in [4.69, 9.17) is 25.5 Å². The highest BCUT2D eigenvalue weighted by atomic mass is 35.5. The van der Waals surface area contributed by atoms with Crippen LogP contribution < -0.4 is 20.4 Å². The molecule has 0 spiro atoms. The molecule has 0 radical (unpaired) electrons. The molecular weight excluding hydrogens is 442 g/mol. The quantitative estimate of drug-likeness (QED) is 0.377. The summed E-state index contributed by atoms with van der Waals surface area (Å²) < 4.78 is 16.3. The van der Waals surface area contributed by atoms with Crippen molar-refractivity contribution in [2.75, 3.05) is 20.3 Å². The lowest BCUT2D eigenvalue weighted by Crippen LogP contribution is -2.30. The van der Waals surface area contributed by atoms with Gasteiger partial charge in [-0.05, 0) is 35.2 Å². The van der Waals surface area contributed by atoms with E-state index >= 15 is 0 Å². The lowest BCUT2D eigenvalue weighted by atomic mass is 10.0. The third-order valence-electron chi connectivity index (χ3n) is 5.15. The van der Waals surface area contributed by atoms with E-state index in [9.17, 15) is 9.59 Å². The Kier molecular flexibility index (Phi) is 6.95. The van der Waals surface area contributed by atoms with Crippen LogP contribution in [0, 0.1) is 0 Å². The summed E-state index contributed by atoms with van der Waals surface area (Å²) >= 11 is 6.41.